The molecule has 0 radical (unpaired) electrons. The number of piperazine rings is 1. The van der Waals surface area contributed by atoms with Crippen LogP contribution < -0.4 is 15.1 Å². The third-order valence-corrected chi connectivity index (χ3v) is 5.31. The van der Waals surface area contributed by atoms with E-state index in [2.05, 4.69) is 27.5 Å². The Bertz CT molecular complexity index is 999. The Morgan fingerprint density at radius 1 is 1.07 bits per heavy atom. The van der Waals surface area contributed by atoms with Crippen LogP contribution in [0.3, 0.4) is 0 Å². The Kier molecular flexibility index (Phi) is 5.99. The van der Waals surface area contributed by atoms with Gasteiger partial charge in [-0.3, -0.25) is 4.79 Å². The minimum Gasteiger partial charge on any atom is -0.344 e. The van der Waals surface area contributed by atoms with Gasteiger partial charge in [-0.25, -0.2) is 4.39 Å². The lowest BCUT2D eigenvalue weighted by Gasteiger charge is -2.30. The van der Waals surface area contributed by atoms with Crippen molar-refractivity contribution < 1.29 is 14.1 Å². The van der Waals surface area contributed by atoms with Gasteiger partial charge < -0.3 is 15.1 Å². The molecule has 154 valence electrons. The number of nitrogens with one attached hydrogen (secondary N) is 2. The summed E-state index contributed by atoms with van der Waals surface area (Å²) in [6.07, 6.45) is 0.186. The number of anilines is 2. The van der Waals surface area contributed by atoms with Crippen LogP contribution in [0.15, 0.2) is 60.7 Å². The summed E-state index contributed by atoms with van der Waals surface area (Å²) in [5.41, 5.74) is 3.09. The zero-order valence-electron chi connectivity index (χ0n) is 16.9. The van der Waals surface area contributed by atoms with E-state index in [1.54, 1.807) is 12.1 Å². The van der Waals surface area contributed by atoms with Gasteiger partial charge in [0.05, 0.1) is 45.3 Å². The quantitative estimate of drug-likeness (QED) is 0.678. The molecule has 0 unspecified atom stereocenters. The zero-order valence-corrected chi connectivity index (χ0v) is 16.9. The van der Waals surface area contributed by atoms with Gasteiger partial charge in [-0.2, -0.15) is 0 Å². The maximum Gasteiger partial charge on any atom is 0.228 e. The van der Waals surface area contributed by atoms with E-state index in [9.17, 15) is 9.18 Å². The third kappa shape index (κ3) is 4.99. The summed E-state index contributed by atoms with van der Waals surface area (Å²) in [6, 6.07) is 17.4. The van der Waals surface area contributed by atoms with Crippen molar-refractivity contribution in [2.24, 2.45) is 0 Å². The summed E-state index contributed by atoms with van der Waals surface area (Å²) < 4.78 is 13.0. The Labute approximate surface area is 175 Å². The Balaban J connectivity index is 1.41. The highest BCUT2D eigenvalue weighted by molar-refractivity contribution is 5.92. The average Bonchev–Trinajstić information content (AvgIpc) is 2.76. The Hall–Kier alpha value is -3.32. The van der Waals surface area contributed by atoms with Crippen LogP contribution in [-0.2, 0) is 11.2 Å². The van der Waals surface area contributed by atoms with Gasteiger partial charge in [0, 0.05) is 11.3 Å². The SMILES string of the molecule is C[NH+]1CCN(c2ccc(-c3cccc(NC(=O)Cc4ccc(F)cc4)c3)nn2)CC1. The third-order valence-electron chi connectivity index (χ3n) is 5.31. The molecule has 1 amide bonds. The van der Waals surface area contributed by atoms with Crippen LogP contribution in [-0.4, -0.2) is 49.3 Å². The van der Waals surface area contributed by atoms with Gasteiger partial charge in [0.25, 0.3) is 0 Å². The molecule has 1 aliphatic heterocycles. The number of rotatable bonds is 5. The van der Waals surface area contributed by atoms with Gasteiger partial charge in [-0.15, -0.1) is 10.2 Å². The summed E-state index contributed by atoms with van der Waals surface area (Å²) >= 11 is 0. The molecule has 2 N–H and O–H groups in total. The number of nitrogens with zero attached hydrogens (tertiary/aromatic N) is 3. The Morgan fingerprint density at radius 3 is 2.53 bits per heavy atom. The molecule has 0 saturated carbocycles. The molecule has 1 aromatic heterocycles. The fourth-order valence-electron chi connectivity index (χ4n) is 3.51. The smallest absolute Gasteiger partial charge is 0.228 e. The molecule has 2 heterocycles. The number of amides is 1. The van der Waals surface area contributed by atoms with Crippen LogP contribution in [0.1, 0.15) is 5.56 Å². The molecule has 7 heteroatoms. The molecule has 2 aromatic carbocycles. The zero-order chi connectivity index (χ0) is 20.9. The maximum atomic E-state index is 13.0. The predicted octanol–water partition coefficient (Wildman–Crippen LogP) is 1.80. The van der Waals surface area contributed by atoms with Crippen LogP contribution in [0.25, 0.3) is 11.3 Å². The van der Waals surface area contributed by atoms with Crippen LogP contribution in [0, 0.1) is 5.82 Å². The van der Waals surface area contributed by atoms with Crippen LogP contribution in [0.5, 0.6) is 0 Å². The number of carbonyl (C=O) groups excluding carboxylic acids is 1. The van der Waals surface area contributed by atoms with Crippen molar-refractivity contribution in [1.82, 2.24) is 10.2 Å². The van der Waals surface area contributed by atoms with Gasteiger partial charge in [0.2, 0.25) is 5.91 Å². The van der Waals surface area contributed by atoms with Gasteiger partial charge >= 0.3 is 0 Å². The summed E-state index contributed by atoms with van der Waals surface area (Å²) in [5.74, 6) is 0.431. The molecule has 4 rings (SSSR count). The van der Waals surface area contributed by atoms with Gasteiger partial charge in [0.1, 0.15) is 5.82 Å². The van der Waals surface area contributed by atoms with E-state index in [4.69, 9.17) is 0 Å². The number of halogens is 1. The lowest BCUT2D eigenvalue weighted by atomic mass is 10.1. The molecule has 0 bridgehead atoms. The molecule has 3 aromatic rings. The molecule has 0 spiro atoms. The second-order valence-corrected chi connectivity index (χ2v) is 7.65. The summed E-state index contributed by atoms with van der Waals surface area (Å²) in [7, 11) is 2.21. The van der Waals surface area contributed by atoms with Crippen molar-refractivity contribution in [3.8, 4) is 11.3 Å². The van der Waals surface area contributed by atoms with E-state index < -0.39 is 0 Å². The maximum absolute atomic E-state index is 13.0. The first-order valence-corrected chi connectivity index (χ1v) is 10.1. The summed E-state index contributed by atoms with van der Waals surface area (Å²) in [6.45, 7) is 4.16. The van der Waals surface area contributed by atoms with Gasteiger partial charge in [-0.1, -0.05) is 24.3 Å². The average molecular weight is 406 g/mol. The van der Waals surface area contributed by atoms with Crippen molar-refractivity contribution >= 4 is 17.4 Å². The summed E-state index contributed by atoms with van der Waals surface area (Å²) in [4.78, 5) is 16.1. The number of hydrogen-bond acceptors (Lipinski definition) is 4. The number of hydrogen-bond donors (Lipinski definition) is 2. The minimum atomic E-state index is -0.312. The molecule has 6 nitrogen and oxygen atoms in total. The van der Waals surface area contributed by atoms with E-state index in [0.29, 0.717) is 5.69 Å². The number of benzene rings is 2. The fraction of sp³-hybridized carbons (Fsp3) is 0.261. The highest BCUT2D eigenvalue weighted by Gasteiger charge is 2.18. The summed E-state index contributed by atoms with van der Waals surface area (Å²) in [5, 5.41) is 11.7. The van der Waals surface area contributed by atoms with Crippen molar-refractivity contribution in [3.05, 3.63) is 72.0 Å². The number of likely N-dealkylation sites (N-methyl/N-ethyl adjacent to an activating group) is 1. The van der Waals surface area contributed by atoms with Crippen molar-refractivity contribution in [2.75, 3.05) is 43.4 Å². The predicted molar refractivity (Wildman–Crippen MR) is 115 cm³/mol. The number of aromatic nitrogens is 2. The van der Waals surface area contributed by atoms with Crippen molar-refractivity contribution in [2.45, 2.75) is 6.42 Å². The normalized spacial score (nSPS) is 14.5. The second kappa shape index (κ2) is 9.00. The van der Waals surface area contributed by atoms with Crippen LogP contribution >= 0.6 is 0 Å². The molecular weight excluding hydrogens is 381 g/mol. The topological polar surface area (TPSA) is 62.6 Å². The highest BCUT2D eigenvalue weighted by Crippen LogP contribution is 2.22. The first-order valence-electron chi connectivity index (χ1n) is 10.1. The van der Waals surface area contributed by atoms with Gasteiger partial charge in [0.15, 0.2) is 5.82 Å². The number of quaternary nitrogens is 1. The van der Waals surface area contributed by atoms with E-state index in [-0.39, 0.29) is 18.1 Å². The molecule has 1 aliphatic rings. The molecule has 1 fully saturated rings. The molecule has 0 atom stereocenters. The molecular formula is C23H25FN5O+. The molecule has 30 heavy (non-hydrogen) atoms. The second-order valence-electron chi connectivity index (χ2n) is 7.65. The van der Waals surface area contributed by atoms with E-state index in [1.165, 1.54) is 17.0 Å². The fourth-order valence-corrected chi connectivity index (χ4v) is 3.51. The van der Waals surface area contributed by atoms with E-state index in [1.807, 2.05) is 36.4 Å². The monoisotopic (exact) mass is 406 g/mol. The lowest BCUT2D eigenvalue weighted by Crippen LogP contribution is -3.12. The Morgan fingerprint density at radius 2 is 1.83 bits per heavy atom. The van der Waals surface area contributed by atoms with E-state index >= 15 is 0 Å². The van der Waals surface area contributed by atoms with Crippen molar-refractivity contribution in [1.29, 1.82) is 0 Å². The first kappa shape index (κ1) is 20.0. The highest BCUT2D eigenvalue weighted by atomic mass is 19.1. The number of carbonyl (C=O) groups is 1. The first-order chi connectivity index (χ1) is 14.6. The minimum absolute atomic E-state index is 0.155. The molecule has 0 aliphatic carbocycles. The lowest BCUT2D eigenvalue weighted by molar-refractivity contribution is -0.880. The van der Waals surface area contributed by atoms with Crippen LogP contribution in [0.2, 0.25) is 0 Å². The van der Waals surface area contributed by atoms with Gasteiger partial charge in [-0.05, 0) is 42.0 Å². The largest absolute Gasteiger partial charge is 0.344 e. The van der Waals surface area contributed by atoms with Crippen molar-refractivity contribution in [3.63, 3.8) is 0 Å². The van der Waals surface area contributed by atoms with Crippen LogP contribution in [0.4, 0.5) is 15.9 Å². The van der Waals surface area contributed by atoms with E-state index in [0.717, 1.165) is 48.8 Å². The molecule has 1 saturated heterocycles. The standard InChI is InChI=1S/C23H24FN5O/c1-28-11-13-29(14-12-28)22-10-9-21(26-27-22)18-3-2-4-20(16-18)25-23(30)15-17-5-7-19(24)8-6-17/h2-10,16H,11-15H2,1H3,(H,25,30)/p+1.